The van der Waals surface area contributed by atoms with Crippen LogP contribution >= 0.6 is 0 Å². The smallest absolute Gasteiger partial charge is 0.119 e. The summed E-state index contributed by atoms with van der Waals surface area (Å²) in [7, 11) is 1.71. The Morgan fingerprint density at radius 2 is 2.29 bits per heavy atom. The molecule has 0 aromatic heterocycles. The predicted molar refractivity (Wildman–Crippen MR) is 68.5 cm³/mol. The van der Waals surface area contributed by atoms with Crippen molar-refractivity contribution < 1.29 is 9.47 Å². The zero-order valence-electron chi connectivity index (χ0n) is 10.6. The Balaban J connectivity index is 1.84. The Labute approximate surface area is 103 Å². The SMILES string of the molecule is COc1cccc(CCC2COCC(C)N2)c1. The normalized spacial score (nSPS) is 24.6. The summed E-state index contributed by atoms with van der Waals surface area (Å²) < 4.78 is 10.8. The number of methoxy groups -OCH3 is 1. The average Bonchev–Trinajstić information content (AvgIpc) is 2.37. The zero-order valence-corrected chi connectivity index (χ0v) is 10.6. The summed E-state index contributed by atoms with van der Waals surface area (Å²) in [6.45, 7) is 3.82. The molecule has 2 atom stereocenters. The van der Waals surface area contributed by atoms with E-state index in [0.717, 1.165) is 31.8 Å². The fourth-order valence-electron chi connectivity index (χ4n) is 2.22. The second kappa shape index (κ2) is 6.03. The van der Waals surface area contributed by atoms with Crippen LogP contribution in [-0.4, -0.2) is 32.4 Å². The molecule has 1 aromatic carbocycles. The molecule has 3 nitrogen and oxygen atoms in total. The third kappa shape index (κ3) is 3.72. The van der Waals surface area contributed by atoms with Crippen molar-refractivity contribution in [1.29, 1.82) is 0 Å². The van der Waals surface area contributed by atoms with E-state index in [-0.39, 0.29) is 0 Å². The lowest BCUT2D eigenvalue weighted by molar-refractivity contribution is 0.0483. The van der Waals surface area contributed by atoms with Crippen LogP contribution in [0.25, 0.3) is 0 Å². The number of benzene rings is 1. The van der Waals surface area contributed by atoms with E-state index in [0.29, 0.717) is 12.1 Å². The van der Waals surface area contributed by atoms with Crippen molar-refractivity contribution in [3.63, 3.8) is 0 Å². The van der Waals surface area contributed by atoms with Crippen molar-refractivity contribution in [3.8, 4) is 5.75 Å². The number of rotatable bonds is 4. The van der Waals surface area contributed by atoms with E-state index in [1.165, 1.54) is 5.56 Å². The summed E-state index contributed by atoms with van der Waals surface area (Å²) in [5.41, 5.74) is 1.32. The highest BCUT2D eigenvalue weighted by molar-refractivity contribution is 5.28. The molecule has 0 spiro atoms. The molecule has 1 fully saturated rings. The van der Waals surface area contributed by atoms with E-state index in [1.54, 1.807) is 7.11 Å². The van der Waals surface area contributed by atoms with Crippen molar-refractivity contribution >= 4 is 0 Å². The third-order valence-corrected chi connectivity index (χ3v) is 3.12. The second-order valence-electron chi connectivity index (χ2n) is 4.69. The minimum atomic E-state index is 0.471. The molecule has 2 rings (SSSR count). The molecule has 0 radical (unpaired) electrons. The first-order valence-electron chi connectivity index (χ1n) is 6.24. The van der Waals surface area contributed by atoms with Gasteiger partial charge in [0.25, 0.3) is 0 Å². The highest BCUT2D eigenvalue weighted by atomic mass is 16.5. The van der Waals surface area contributed by atoms with Crippen LogP contribution in [0.5, 0.6) is 5.75 Å². The van der Waals surface area contributed by atoms with Crippen molar-refractivity contribution in [2.45, 2.75) is 31.8 Å². The van der Waals surface area contributed by atoms with Crippen LogP contribution in [0, 0.1) is 0 Å². The summed E-state index contributed by atoms with van der Waals surface area (Å²) in [5.74, 6) is 0.934. The van der Waals surface area contributed by atoms with Crippen molar-refractivity contribution in [1.82, 2.24) is 5.32 Å². The van der Waals surface area contributed by atoms with Gasteiger partial charge < -0.3 is 14.8 Å². The van der Waals surface area contributed by atoms with Crippen LogP contribution in [0.2, 0.25) is 0 Å². The van der Waals surface area contributed by atoms with Crippen LogP contribution < -0.4 is 10.1 Å². The molecule has 1 aliphatic rings. The standard InChI is InChI=1S/C14H21NO2/c1-11-9-17-10-13(15-11)7-6-12-4-3-5-14(8-12)16-2/h3-5,8,11,13,15H,6-7,9-10H2,1-2H3. The second-order valence-corrected chi connectivity index (χ2v) is 4.69. The maximum atomic E-state index is 5.54. The number of nitrogens with one attached hydrogen (secondary N) is 1. The van der Waals surface area contributed by atoms with E-state index in [2.05, 4.69) is 24.4 Å². The Hall–Kier alpha value is -1.06. The Morgan fingerprint density at radius 1 is 1.41 bits per heavy atom. The van der Waals surface area contributed by atoms with Gasteiger partial charge in [-0.1, -0.05) is 12.1 Å². The molecule has 1 aliphatic heterocycles. The lowest BCUT2D eigenvalue weighted by atomic mass is 10.0. The number of ether oxygens (including phenoxy) is 2. The van der Waals surface area contributed by atoms with Crippen LogP contribution in [0.1, 0.15) is 18.9 Å². The number of hydrogen-bond donors (Lipinski definition) is 1. The van der Waals surface area contributed by atoms with Crippen LogP contribution in [-0.2, 0) is 11.2 Å². The fourth-order valence-corrected chi connectivity index (χ4v) is 2.22. The molecule has 0 amide bonds. The monoisotopic (exact) mass is 235 g/mol. The van der Waals surface area contributed by atoms with Crippen LogP contribution in [0.15, 0.2) is 24.3 Å². The fraction of sp³-hybridized carbons (Fsp3) is 0.571. The van der Waals surface area contributed by atoms with Gasteiger partial charge in [-0.05, 0) is 37.5 Å². The van der Waals surface area contributed by atoms with Gasteiger partial charge in [0.1, 0.15) is 5.75 Å². The van der Waals surface area contributed by atoms with E-state index in [4.69, 9.17) is 9.47 Å². The van der Waals surface area contributed by atoms with Gasteiger partial charge >= 0.3 is 0 Å². The number of morpholine rings is 1. The molecule has 1 aromatic rings. The molecule has 17 heavy (non-hydrogen) atoms. The molecule has 1 N–H and O–H groups in total. The summed E-state index contributed by atoms with van der Waals surface area (Å²) in [6.07, 6.45) is 2.17. The Morgan fingerprint density at radius 3 is 3.06 bits per heavy atom. The van der Waals surface area contributed by atoms with Gasteiger partial charge in [0.05, 0.1) is 20.3 Å². The van der Waals surface area contributed by atoms with Gasteiger partial charge in [-0.15, -0.1) is 0 Å². The molecule has 94 valence electrons. The first-order chi connectivity index (χ1) is 8.28. The van der Waals surface area contributed by atoms with E-state index >= 15 is 0 Å². The quantitative estimate of drug-likeness (QED) is 0.866. The van der Waals surface area contributed by atoms with Gasteiger partial charge in [0.2, 0.25) is 0 Å². The molecule has 1 heterocycles. The Kier molecular flexibility index (Phi) is 4.40. The van der Waals surface area contributed by atoms with Gasteiger partial charge in [-0.25, -0.2) is 0 Å². The first kappa shape index (κ1) is 12.4. The molecule has 3 heteroatoms. The largest absolute Gasteiger partial charge is 0.497 e. The molecule has 0 aliphatic carbocycles. The molecule has 0 saturated carbocycles. The zero-order chi connectivity index (χ0) is 12.1. The van der Waals surface area contributed by atoms with Gasteiger partial charge in [0.15, 0.2) is 0 Å². The van der Waals surface area contributed by atoms with Gasteiger partial charge in [-0.2, -0.15) is 0 Å². The van der Waals surface area contributed by atoms with E-state index in [1.807, 2.05) is 12.1 Å². The van der Waals surface area contributed by atoms with Crippen molar-refractivity contribution in [3.05, 3.63) is 29.8 Å². The number of hydrogen-bond acceptors (Lipinski definition) is 3. The predicted octanol–water partition coefficient (Wildman–Crippen LogP) is 2.00. The summed E-state index contributed by atoms with van der Waals surface area (Å²) in [6, 6.07) is 9.22. The van der Waals surface area contributed by atoms with Crippen molar-refractivity contribution in [2.24, 2.45) is 0 Å². The lowest BCUT2D eigenvalue weighted by Crippen LogP contribution is -2.47. The molecule has 1 saturated heterocycles. The molecular formula is C14H21NO2. The van der Waals surface area contributed by atoms with Gasteiger partial charge in [-0.3, -0.25) is 0 Å². The van der Waals surface area contributed by atoms with E-state index in [9.17, 15) is 0 Å². The lowest BCUT2D eigenvalue weighted by Gasteiger charge is -2.29. The van der Waals surface area contributed by atoms with Crippen LogP contribution in [0.4, 0.5) is 0 Å². The maximum Gasteiger partial charge on any atom is 0.119 e. The summed E-state index contributed by atoms with van der Waals surface area (Å²) in [4.78, 5) is 0. The number of aryl methyl sites for hydroxylation is 1. The first-order valence-corrected chi connectivity index (χ1v) is 6.24. The van der Waals surface area contributed by atoms with Crippen molar-refractivity contribution in [2.75, 3.05) is 20.3 Å². The minimum Gasteiger partial charge on any atom is -0.497 e. The summed E-state index contributed by atoms with van der Waals surface area (Å²) >= 11 is 0. The highest BCUT2D eigenvalue weighted by Crippen LogP contribution is 2.15. The molecular weight excluding hydrogens is 214 g/mol. The third-order valence-electron chi connectivity index (χ3n) is 3.12. The van der Waals surface area contributed by atoms with Crippen LogP contribution in [0.3, 0.4) is 0 Å². The molecule has 0 bridgehead atoms. The topological polar surface area (TPSA) is 30.5 Å². The maximum absolute atomic E-state index is 5.54. The summed E-state index contributed by atoms with van der Waals surface area (Å²) in [5, 5.41) is 3.56. The van der Waals surface area contributed by atoms with Gasteiger partial charge in [0, 0.05) is 12.1 Å². The molecule has 2 unspecified atom stereocenters. The highest BCUT2D eigenvalue weighted by Gasteiger charge is 2.17. The Bertz CT molecular complexity index is 354. The average molecular weight is 235 g/mol. The minimum absolute atomic E-state index is 0.471. The van der Waals surface area contributed by atoms with E-state index < -0.39 is 0 Å².